The van der Waals surface area contributed by atoms with Gasteiger partial charge >= 0.3 is 0 Å². The largest absolute Gasteiger partial charge is 0.472 e. The zero-order valence-corrected chi connectivity index (χ0v) is 18.1. The minimum Gasteiger partial charge on any atom is -0.472 e. The number of furan rings is 1. The van der Waals surface area contributed by atoms with Crippen LogP contribution in [-0.4, -0.2) is 55.6 Å². The molecule has 0 saturated carbocycles. The maximum absolute atomic E-state index is 12.8. The third kappa shape index (κ3) is 4.83. The third-order valence-corrected chi connectivity index (χ3v) is 7.84. The lowest BCUT2D eigenvalue weighted by Crippen LogP contribution is -2.43. The average molecular weight is 446 g/mol. The van der Waals surface area contributed by atoms with Gasteiger partial charge in [0.05, 0.1) is 22.6 Å². The van der Waals surface area contributed by atoms with Crippen molar-refractivity contribution in [2.24, 2.45) is 5.92 Å². The second-order valence-corrected chi connectivity index (χ2v) is 10.0. The Morgan fingerprint density at radius 1 is 0.968 bits per heavy atom. The quantitative estimate of drug-likeness (QED) is 0.763. The molecule has 2 fully saturated rings. The Balaban J connectivity index is 1.37. The molecule has 4 rings (SSSR count). The summed E-state index contributed by atoms with van der Waals surface area (Å²) in [5.74, 6) is -0.629. The summed E-state index contributed by atoms with van der Waals surface area (Å²) in [5, 5.41) is 2.86. The second-order valence-electron chi connectivity index (χ2n) is 8.08. The number of carbonyl (C=O) groups is 2. The Bertz CT molecular complexity index is 1010. The zero-order chi connectivity index (χ0) is 21.8. The van der Waals surface area contributed by atoms with E-state index in [0.29, 0.717) is 43.9 Å². The highest BCUT2D eigenvalue weighted by Crippen LogP contribution is 2.24. The van der Waals surface area contributed by atoms with Crippen molar-refractivity contribution >= 4 is 27.5 Å². The third-order valence-electron chi connectivity index (χ3n) is 5.92. The van der Waals surface area contributed by atoms with E-state index < -0.39 is 10.0 Å². The minimum absolute atomic E-state index is 0.140. The van der Waals surface area contributed by atoms with E-state index in [9.17, 15) is 18.0 Å². The molecular weight excluding hydrogens is 418 g/mol. The summed E-state index contributed by atoms with van der Waals surface area (Å²) in [5.41, 5.74) is 1.02. The van der Waals surface area contributed by atoms with Gasteiger partial charge in [0.2, 0.25) is 15.9 Å². The fourth-order valence-corrected chi connectivity index (χ4v) is 5.67. The van der Waals surface area contributed by atoms with E-state index in [1.165, 1.54) is 29.0 Å². The number of amides is 2. The molecule has 0 bridgehead atoms. The Hall–Kier alpha value is -2.65. The lowest BCUT2D eigenvalue weighted by atomic mass is 9.96. The molecular formula is C22H27N3O5S. The fourth-order valence-electron chi connectivity index (χ4n) is 4.15. The highest BCUT2D eigenvalue weighted by molar-refractivity contribution is 7.89. The molecule has 2 amide bonds. The Labute approximate surface area is 182 Å². The maximum atomic E-state index is 12.8. The molecule has 0 radical (unpaired) electrons. The Kier molecular flexibility index (Phi) is 6.43. The van der Waals surface area contributed by atoms with Gasteiger partial charge in [-0.1, -0.05) is 6.42 Å². The van der Waals surface area contributed by atoms with Gasteiger partial charge in [0.25, 0.3) is 5.91 Å². The topological polar surface area (TPSA) is 99.9 Å². The smallest absolute Gasteiger partial charge is 0.257 e. The minimum atomic E-state index is -3.50. The van der Waals surface area contributed by atoms with Crippen molar-refractivity contribution in [3.63, 3.8) is 0 Å². The van der Waals surface area contributed by atoms with Gasteiger partial charge in [-0.25, -0.2) is 8.42 Å². The van der Waals surface area contributed by atoms with Crippen molar-refractivity contribution in [3.05, 3.63) is 48.4 Å². The average Bonchev–Trinajstić information content (AvgIpc) is 3.34. The molecule has 1 N–H and O–H groups in total. The van der Waals surface area contributed by atoms with Crippen molar-refractivity contribution in [1.82, 2.24) is 9.21 Å². The first-order valence-electron chi connectivity index (χ1n) is 10.7. The van der Waals surface area contributed by atoms with E-state index in [4.69, 9.17) is 4.42 Å². The Morgan fingerprint density at radius 3 is 2.39 bits per heavy atom. The van der Waals surface area contributed by atoms with Crippen LogP contribution in [0.4, 0.5) is 5.69 Å². The zero-order valence-electron chi connectivity index (χ0n) is 17.3. The summed E-state index contributed by atoms with van der Waals surface area (Å²) in [7, 11) is -3.50. The molecule has 0 aliphatic carbocycles. The molecule has 166 valence electrons. The molecule has 9 heteroatoms. The standard InChI is InChI=1S/C22H27N3O5S/c26-21(17-5-4-11-24(15-17)22(27)18-10-14-30-16-18)23-19-6-8-20(9-7-19)31(28,29)25-12-2-1-3-13-25/h6-10,14,16-17H,1-5,11-13,15H2,(H,23,26). The SMILES string of the molecule is O=C(Nc1ccc(S(=O)(=O)N2CCCCC2)cc1)C1CCCN(C(=O)c2ccoc2)C1. The van der Waals surface area contributed by atoms with Crippen LogP contribution in [0.25, 0.3) is 0 Å². The van der Waals surface area contributed by atoms with E-state index in [2.05, 4.69) is 5.32 Å². The molecule has 31 heavy (non-hydrogen) atoms. The second kappa shape index (κ2) is 9.23. The first-order chi connectivity index (χ1) is 14.9. The van der Waals surface area contributed by atoms with Gasteiger partial charge in [0, 0.05) is 31.9 Å². The van der Waals surface area contributed by atoms with Crippen LogP contribution in [0.5, 0.6) is 0 Å². The number of nitrogens with zero attached hydrogens (tertiary/aromatic N) is 2. The van der Waals surface area contributed by atoms with Crippen LogP contribution in [0.2, 0.25) is 0 Å². The number of benzene rings is 1. The van der Waals surface area contributed by atoms with Crippen LogP contribution >= 0.6 is 0 Å². The normalized spacial score (nSPS) is 20.4. The molecule has 1 aromatic heterocycles. The van der Waals surface area contributed by atoms with Crippen molar-refractivity contribution < 1.29 is 22.4 Å². The van der Waals surface area contributed by atoms with Gasteiger partial charge in [-0.05, 0) is 56.0 Å². The van der Waals surface area contributed by atoms with E-state index >= 15 is 0 Å². The maximum Gasteiger partial charge on any atom is 0.257 e. The molecule has 1 unspecified atom stereocenters. The first kappa shape index (κ1) is 21.6. The van der Waals surface area contributed by atoms with Crippen LogP contribution in [0.15, 0.2) is 52.2 Å². The number of piperidine rings is 2. The summed E-state index contributed by atoms with van der Waals surface area (Å²) in [6.07, 6.45) is 7.13. The van der Waals surface area contributed by atoms with Gasteiger partial charge in [0.15, 0.2) is 0 Å². The summed E-state index contributed by atoms with van der Waals surface area (Å²) in [6.45, 7) is 2.06. The van der Waals surface area contributed by atoms with Gasteiger partial charge in [0.1, 0.15) is 6.26 Å². The molecule has 1 aromatic carbocycles. The van der Waals surface area contributed by atoms with Crippen LogP contribution in [0, 0.1) is 5.92 Å². The number of sulfonamides is 1. The number of anilines is 1. The lowest BCUT2D eigenvalue weighted by molar-refractivity contribution is -0.121. The van der Waals surface area contributed by atoms with Crippen LogP contribution in [0.1, 0.15) is 42.5 Å². The van der Waals surface area contributed by atoms with E-state index in [0.717, 1.165) is 25.7 Å². The molecule has 2 saturated heterocycles. The highest BCUT2D eigenvalue weighted by Gasteiger charge is 2.30. The Morgan fingerprint density at radius 2 is 1.71 bits per heavy atom. The lowest BCUT2D eigenvalue weighted by Gasteiger charge is -2.31. The van der Waals surface area contributed by atoms with Gasteiger partial charge in [-0.3, -0.25) is 9.59 Å². The molecule has 3 heterocycles. The van der Waals surface area contributed by atoms with Gasteiger partial charge < -0.3 is 14.6 Å². The van der Waals surface area contributed by atoms with E-state index in [1.54, 1.807) is 23.1 Å². The van der Waals surface area contributed by atoms with Crippen molar-refractivity contribution in [2.75, 3.05) is 31.5 Å². The molecule has 0 spiro atoms. The van der Waals surface area contributed by atoms with E-state index in [-0.39, 0.29) is 22.6 Å². The number of hydrogen-bond donors (Lipinski definition) is 1. The van der Waals surface area contributed by atoms with E-state index in [1.807, 2.05) is 0 Å². The molecule has 8 nitrogen and oxygen atoms in total. The molecule has 2 aliphatic rings. The molecule has 2 aliphatic heterocycles. The molecule has 1 atom stereocenters. The number of likely N-dealkylation sites (tertiary alicyclic amines) is 1. The monoisotopic (exact) mass is 445 g/mol. The van der Waals surface area contributed by atoms with Gasteiger partial charge in [-0.2, -0.15) is 4.31 Å². The summed E-state index contributed by atoms with van der Waals surface area (Å²) in [4.78, 5) is 27.2. The number of hydrogen-bond acceptors (Lipinski definition) is 5. The first-order valence-corrected chi connectivity index (χ1v) is 12.1. The molecule has 2 aromatic rings. The summed E-state index contributed by atoms with van der Waals surface area (Å²) >= 11 is 0. The van der Waals surface area contributed by atoms with Crippen LogP contribution in [-0.2, 0) is 14.8 Å². The summed E-state index contributed by atoms with van der Waals surface area (Å²) in [6, 6.07) is 7.92. The predicted molar refractivity (Wildman–Crippen MR) is 115 cm³/mol. The fraction of sp³-hybridized carbons (Fsp3) is 0.455. The number of rotatable bonds is 5. The van der Waals surface area contributed by atoms with Crippen LogP contribution < -0.4 is 5.32 Å². The van der Waals surface area contributed by atoms with Gasteiger partial charge in [-0.15, -0.1) is 0 Å². The van der Waals surface area contributed by atoms with Crippen molar-refractivity contribution in [1.29, 1.82) is 0 Å². The number of carbonyl (C=O) groups excluding carboxylic acids is 2. The summed E-state index contributed by atoms with van der Waals surface area (Å²) < 4.78 is 32.0. The van der Waals surface area contributed by atoms with Crippen molar-refractivity contribution in [2.45, 2.75) is 37.0 Å². The predicted octanol–water partition coefficient (Wildman–Crippen LogP) is 2.95. The highest BCUT2D eigenvalue weighted by atomic mass is 32.2. The van der Waals surface area contributed by atoms with Crippen molar-refractivity contribution in [3.8, 4) is 0 Å². The van der Waals surface area contributed by atoms with Crippen LogP contribution in [0.3, 0.4) is 0 Å². The number of nitrogens with one attached hydrogen (secondary N) is 1.